The van der Waals surface area contributed by atoms with Crippen LogP contribution < -0.4 is 4.74 Å². The van der Waals surface area contributed by atoms with Crippen LogP contribution in [0.4, 0.5) is 0 Å². The third-order valence-electron chi connectivity index (χ3n) is 2.58. The summed E-state index contributed by atoms with van der Waals surface area (Å²) in [7, 11) is 0. The van der Waals surface area contributed by atoms with Crippen LogP contribution in [-0.2, 0) is 0 Å². The number of pyridine rings is 1. The van der Waals surface area contributed by atoms with Crippen molar-refractivity contribution in [3.05, 3.63) is 53.3 Å². The van der Waals surface area contributed by atoms with Gasteiger partial charge in [-0.1, -0.05) is 18.2 Å². The largest absolute Gasteiger partial charge is 0.454 e. The van der Waals surface area contributed by atoms with Crippen molar-refractivity contribution in [3.8, 4) is 11.5 Å². The molecule has 0 amide bonds. The lowest BCUT2D eigenvalue weighted by Gasteiger charge is -2.07. The SMILES string of the molecule is Cc1ccc2c(n1)C=Cc1ccccc1O2. The zero-order chi connectivity index (χ0) is 11.0. The molecule has 2 heterocycles. The van der Waals surface area contributed by atoms with Gasteiger partial charge in [0.15, 0.2) is 5.75 Å². The zero-order valence-corrected chi connectivity index (χ0v) is 8.97. The average molecular weight is 209 g/mol. The minimum Gasteiger partial charge on any atom is -0.454 e. The van der Waals surface area contributed by atoms with E-state index in [2.05, 4.69) is 4.98 Å². The Morgan fingerprint density at radius 3 is 2.75 bits per heavy atom. The Morgan fingerprint density at radius 2 is 1.81 bits per heavy atom. The number of aryl methyl sites for hydroxylation is 1. The highest BCUT2D eigenvalue weighted by molar-refractivity contribution is 5.75. The van der Waals surface area contributed by atoms with Crippen LogP contribution in [0.5, 0.6) is 11.5 Å². The van der Waals surface area contributed by atoms with Gasteiger partial charge in [0.2, 0.25) is 0 Å². The molecule has 0 N–H and O–H groups in total. The molecule has 2 aromatic rings. The van der Waals surface area contributed by atoms with E-state index in [-0.39, 0.29) is 0 Å². The van der Waals surface area contributed by atoms with Crippen molar-refractivity contribution in [1.29, 1.82) is 0 Å². The first kappa shape index (κ1) is 9.16. The van der Waals surface area contributed by atoms with Gasteiger partial charge in [0.25, 0.3) is 0 Å². The number of aromatic nitrogens is 1. The Labute approximate surface area is 94.2 Å². The van der Waals surface area contributed by atoms with Crippen LogP contribution in [0.2, 0.25) is 0 Å². The number of benzene rings is 1. The van der Waals surface area contributed by atoms with Gasteiger partial charge in [0.05, 0.1) is 0 Å². The van der Waals surface area contributed by atoms with Crippen molar-refractivity contribution < 1.29 is 4.74 Å². The maximum absolute atomic E-state index is 5.83. The molecule has 1 aliphatic rings. The smallest absolute Gasteiger partial charge is 0.153 e. The quantitative estimate of drug-likeness (QED) is 0.563. The summed E-state index contributed by atoms with van der Waals surface area (Å²) in [6.45, 7) is 1.98. The lowest BCUT2D eigenvalue weighted by molar-refractivity contribution is 0.478. The van der Waals surface area contributed by atoms with E-state index >= 15 is 0 Å². The van der Waals surface area contributed by atoms with Gasteiger partial charge in [-0.05, 0) is 37.3 Å². The summed E-state index contributed by atoms with van der Waals surface area (Å²) in [6, 6.07) is 11.9. The number of rotatable bonds is 0. The molecule has 0 spiro atoms. The Morgan fingerprint density at radius 1 is 0.938 bits per heavy atom. The second-order valence-electron chi connectivity index (χ2n) is 3.81. The van der Waals surface area contributed by atoms with Crippen molar-refractivity contribution >= 4 is 12.2 Å². The van der Waals surface area contributed by atoms with Gasteiger partial charge in [-0.15, -0.1) is 0 Å². The first-order valence-corrected chi connectivity index (χ1v) is 5.25. The summed E-state index contributed by atoms with van der Waals surface area (Å²) in [4.78, 5) is 4.44. The van der Waals surface area contributed by atoms with Gasteiger partial charge in [-0.2, -0.15) is 0 Å². The van der Waals surface area contributed by atoms with Gasteiger partial charge >= 0.3 is 0 Å². The predicted octanol–water partition coefficient (Wildman–Crippen LogP) is 3.67. The number of hydrogen-bond donors (Lipinski definition) is 0. The highest BCUT2D eigenvalue weighted by atomic mass is 16.5. The molecule has 0 aliphatic carbocycles. The average Bonchev–Trinajstić information content (AvgIpc) is 2.48. The second-order valence-corrected chi connectivity index (χ2v) is 3.81. The lowest BCUT2D eigenvalue weighted by Crippen LogP contribution is -1.91. The second kappa shape index (κ2) is 3.49. The number of nitrogens with zero attached hydrogens (tertiary/aromatic N) is 1. The molecule has 2 nitrogen and oxygen atoms in total. The molecule has 0 bridgehead atoms. The fourth-order valence-electron chi connectivity index (χ4n) is 1.77. The zero-order valence-electron chi connectivity index (χ0n) is 8.97. The van der Waals surface area contributed by atoms with E-state index in [1.807, 2.05) is 55.5 Å². The maximum atomic E-state index is 5.83. The molecular formula is C14H11NO. The van der Waals surface area contributed by atoms with Gasteiger partial charge < -0.3 is 4.74 Å². The Balaban J connectivity index is 2.17. The fraction of sp³-hybridized carbons (Fsp3) is 0.0714. The van der Waals surface area contributed by atoms with Crippen molar-refractivity contribution in [3.63, 3.8) is 0 Å². The molecule has 1 aromatic carbocycles. The third kappa shape index (κ3) is 1.48. The van der Waals surface area contributed by atoms with Crippen LogP contribution >= 0.6 is 0 Å². The Kier molecular flexibility index (Phi) is 2.00. The normalized spacial score (nSPS) is 12.3. The standard InChI is InChI=1S/C14H11NO/c1-10-6-9-14-12(15-10)8-7-11-4-2-3-5-13(11)16-14/h2-9H,1H3. The topological polar surface area (TPSA) is 22.1 Å². The number of hydrogen-bond acceptors (Lipinski definition) is 2. The van der Waals surface area contributed by atoms with Gasteiger partial charge in [0.1, 0.15) is 11.4 Å². The Hall–Kier alpha value is -2.09. The molecule has 0 unspecified atom stereocenters. The molecule has 0 radical (unpaired) electrons. The molecule has 0 saturated carbocycles. The molecule has 78 valence electrons. The maximum Gasteiger partial charge on any atom is 0.153 e. The molecular weight excluding hydrogens is 198 g/mol. The molecule has 1 aliphatic heterocycles. The van der Waals surface area contributed by atoms with E-state index in [0.717, 1.165) is 28.5 Å². The summed E-state index contributed by atoms with van der Waals surface area (Å²) in [5, 5.41) is 0. The first-order chi connectivity index (χ1) is 7.83. The monoisotopic (exact) mass is 209 g/mol. The minimum atomic E-state index is 0.812. The van der Waals surface area contributed by atoms with Crippen LogP contribution in [0.15, 0.2) is 36.4 Å². The summed E-state index contributed by atoms with van der Waals surface area (Å²) in [5.74, 6) is 1.69. The van der Waals surface area contributed by atoms with E-state index in [4.69, 9.17) is 4.74 Å². The first-order valence-electron chi connectivity index (χ1n) is 5.25. The van der Waals surface area contributed by atoms with Crippen molar-refractivity contribution in [2.24, 2.45) is 0 Å². The summed E-state index contributed by atoms with van der Waals surface area (Å²) >= 11 is 0. The fourth-order valence-corrected chi connectivity index (χ4v) is 1.77. The molecule has 0 saturated heterocycles. The van der Waals surface area contributed by atoms with E-state index < -0.39 is 0 Å². The molecule has 3 rings (SSSR count). The number of para-hydroxylation sites is 1. The van der Waals surface area contributed by atoms with Crippen molar-refractivity contribution in [1.82, 2.24) is 4.98 Å². The van der Waals surface area contributed by atoms with Crippen LogP contribution in [0.25, 0.3) is 12.2 Å². The van der Waals surface area contributed by atoms with Gasteiger partial charge in [0, 0.05) is 11.3 Å². The van der Waals surface area contributed by atoms with Crippen molar-refractivity contribution in [2.45, 2.75) is 6.92 Å². The van der Waals surface area contributed by atoms with Crippen molar-refractivity contribution in [2.75, 3.05) is 0 Å². The van der Waals surface area contributed by atoms with Crippen LogP contribution in [0, 0.1) is 6.92 Å². The minimum absolute atomic E-state index is 0.812. The predicted molar refractivity (Wildman–Crippen MR) is 64.4 cm³/mol. The highest BCUT2D eigenvalue weighted by Crippen LogP contribution is 2.32. The third-order valence-corrected chi connectivity index (χ3v) is 2.58. The summed E-state index contributed by atoms with van der Waals surface area (Å²) in [6.07, 6.45) is 4.03. The van der Waals surface area contributed by atoms with Crippen LogP contribution in [0.3, 0.4) is 0 Å². The molecule has 16 heavy (non-hydrogen) atoms. The summed E-state index contributed by atoms with van der Waals surface area (Å²) < 4.78 is 5.83. The van der Waals surface area contributed by atoms with E-state index in [1.165, 1.54) is 0 Å². The van der Waals surface area contributed by atoms with E-state index in [0.29, 0.717) is 0 Å². The van der Waals surface area contributed by atoms with Crippen LogP contribution in [0.1, 0.15) is 17.0 Å². The summed E-state index contributed by atoms with van der Waals surface area (Å²) in [5.41, 5.74) is 2.97. The Bertz CT molecular complexity index is 573. The lowest BCUT2D eigenvalue weighted by atomic mass is 10.2. The number of fused-ring (bicyclic) bond motifs is 2. The number of ether oxygens (including phenoxy) is 1. The van der Waals surface area contributed by atoms with Crippen LogP contribution in [-0.4, -0.2) is 4.98 Å². The van der Waals surface area contributed by atoms with Gasteiger partial charge in [-0.3, -0.25) is 0 Å². The molecule has 0 fully saturated rings. The molecule has 1 aromatic heterocycles. The molecule has 0 atom stereocenters. The molecule has 2 heteroatoms. The highest BCUT2D eigenvalue weighted by Gasteiger charge is 2.10. The van der Waals surface area contributed by atoms with E-state index in [1.54, 1.807) is 0 Å². The van der Waals surface area contributed by atoms with E-state index in [9.17, 15) is 0 Å². The van der Waals surface area contributed by atoms with Gasteiger partial charge in [-0.25, -0.2) is 4.98 Å².